The van der Waals surface area contributed by atoms with Crippen LogP contribution >= 0.6 is 0 Å². The third-order valence-corrected chi connectivity index (χ3v) is 13.1. The van der Waals surface area contributed by atoms with Crippen molar-refractivity contribution >= 4 is 70.0 Å². The second-order valence-electron chi connectivity index (χ2n) is 19.2. The molecule has 25 nitrogen and oxygen atoms in total. The molecule has 8 amide bonds. The van der Waals surface area contributed by atoms with Gasteiger partial charge in [0.2, 0.25) is 23.6 Å². The average Bonchev–Trinajstić information content (AvgIpc) is 3.51. The molecular formula is C57H81N13O12. The Hall–Kier alpha value is -8.36. The zero-order valence-corrected chi connectivity index (χ0v) is 47.1. The standard InChI is InChI=1S/C57H81N13O12/c1-79-46-23-19-34(30-39(46)50(63)71)65-57(78)45(17-9-13-29-61)70-53(74)41-31-35(20-24-48(41)81-3)66-55(76)43(15-6-5-10-26-58)69-52(73)40-32-36(21-25-47(40)80-2)67-56(77)44(16-8-12-28-60)68-51(72)38-22-18-37(33-49(38)82-4)64-54(75)42(62)14-7-11-27-59/h18-25,30-33,42-45H,5-17,26-29,58-62H2,1-4H3,(H2,63,71)(H,64,75)(H,65,78)(H,66,76)(H,67,77)(H,68,72)(H,69,73)(H,70,74)/t42-,43-,44-,45-/m0/s1. The van der Waals surface area contributed by atoms with Gasteiger partial charge in [0, 0.05) is 28.8 Å². The third-order valence-electron chi connectivity index (χ3n) is 13.1. The summed E-state index contributed by atoms with van der Waals surface area (Å²) >= 11 is 0. The molecule has 4 aromatic rings. The van der Waals surface area contributed by atoms with Crippen LogP contribution in [0.25, 0.3) is 0 Å². The lowest BCUT2D eigenvalue weighted by Gasteiger charge is -2.22. The zero-order valence-electron chi connectivity index (χ0n) is 47.1. The second kappa shape index (κ2) is 34.7. The molecule has 4 atom stereocenters. The van der Waals surface area contributed by atoms with E-state index < -0.39 is 71.4 Å². The maximum atomic E-state index is 14.3. The first-order valence-electron chi connectivity index (χ1n) is 27.2. The Balaban J connectivity index is 1.55. The molecule has 0 heterocycles. The predicted molar refractivity (Wildman–Crippen MR) is 313 cm³/mol. The van der Waals surface area contributed by atoms with Gasteiger partial charge >= 0.3 is 0 Å². The average molecular weight is 1140 g/mol. The van der Waals surface area contributed by atoms with E-state index >= 15 is 0 Å². The van der Waals surface area contributed by atoms with Crippen molar-refractivity contribution in [2.75, 3.05) is 75.9 Å². The van der Waals surface area contributed by atoms with Crippen molar-refractivity contribution in [2.24, 2.45) is 34.4 Å². The number of nitrogens with one attached hydrogen (secondary N) is 7. The van der Waals surface area contributed by atoms with Crippen LogP contribution in [-0.2, 0) is 19.2 Å². The van der Waals surface area contributed by atoms with Gasteiger partial charge in [-0.1, -0.05) is 19.3 Å². The molecule has 0 aromatic heterocycles. The topological polar surface area (TPSA) is 414 Å². The fourth-order valence-corrected chi connectivity index (χ4v) is 8.59. The van der Waals surface area contributed by atoms with Gasteiger partial charge in [0.25, 0.3) is 23.6 Å². The number of carbonyl (C=O) groups excluding carboxylic acids is 8. The molecule has 0 radical (unpaired) electrons. The normalized spacial score (nSPS) is 12.3. The van der Waals surface area contributed by atoms with Crippen molar-refractivity contribution in [1.82, 2.24) is 16.0 Å². The first kappa shape index (κ1) is 66.2. The van der Waals surface area contributed by atoms with Crippen LogP contribution in [0.4, 0.5) is 22.7 Å². The summed E-state index contributed by atoms with van der Waals surface area (Å²) in [6, 6.07) is 13.4. The number of hydrogen-bond donors (Lipinski definition) is 13. The number of amides is 8. The van der Waals surface area contributed by atoms with Gasteiger partial charge in [-0.2, -0.15) is 0 Å². The maximum absolute atomic E-state index is 14.3. The monoisotopic (exact) mass is 1140 g/mol. The van der Waals surface area contributed by atoms with Crippen LogP contribution in [0.15, 0.2) is 72.8 Å². The molecule has 0 aliphatic rings. The van der Waals surface area contributed by atoms with Crippen molar-refractivity contribution < 1.29 is 57.3 Å². The Bertz CT molecular complexity index is 2820. The minimum atomic E-state index is -1.15. The molecule has 4 rings (SSSR count). The van der Waals surface area contributed by atoms with Gasteiger partial charge in [0.1, 0.15) is 41.1 Å². The largest absolute Gasteiger partial charge is 0.496 e. The summed E-state index contributed by atoms with van der Waals surface area (Å²) in [6.07, 6.45) is 6.27. The van der Waals surface area contributed by atoms with Gasteiger partial charge < -0.3 is 90.6 Å². The molecule has 0 unspecified atom stereocenters. The minimum absolute atomic E-state index is 0.0299. The molecule has 0 aliphatic carbocycles. The SMILES string of the molecule is COc1ccc(NC(=O)[C@H](CCCCN)NC(=O)c2cc(NC(=O)[C@H](CCCCCN)NC(=O)c3cc(NC(=O)[C@H](CCCCN)NC(=O)c4ccc(NC(=O)[C@@H](N)CCCCN)cc4OC)ccc3OC)ccc2OC)cc1C(N)=O. The van der Waals surface area contributed by atoms with Crippen LogP contribution < -0.4 is 90.6 Å². The number of anilines is 4. The highest BCUT2D eigenvalue weighted by atomic mass is 16.5. The number of rotatable bonds is 36. The van der Waals surface area contributed by atoms with E-state index in [1.165, 1.54) is 101 Å². The quantitative estimate of drug-likeness (QED) is 0.0291. The van der Waals surface area contributed by atoms with Gasteiger partial charge in [-0.3, -0.25) is 38.4 Å². The Kier molecular flexibility index (Phi) is 28.0. The second-order valence-corrected chi connectivity index (χ2v) is 19.2. The Labute approximate surface area is 477 Å². The van der Waals surface area contributed by atoms with E-state index in [1.54, 1.807) is 0 Å². The summed E-state index contributed by atoms with van der Waals surface area (Å²) in [5.41, 5.74) is 35.4. The molecule has 0 saturated carbocycles. The molecule has 82 heavy (non-hydrogen) atoms. The molecule has 19 N–H and O–H groups in total. The van der Waals surface area contributed by atoms with Crippen molar-refractivity contribution in [3.8, 4) is 23.0 Å². The lowest BCUT2D eigenvalue weighted by Crippen LogP contribution is -2.44. The summed E-state index contributed by atoms with van der Waals surface area (Å²) in [5.74, 6) is -4.55. The number of unbranched alkanes of at least 4 members (excludes halogenated alkanes) is 5. The van der Waals surface area contributed by atoms with Gasteiger partial charge in [-0.25, -0.2) is 0 Å². The van der Waals surface area contributed by atoms with Crippen LogP contribution in [0.3, 0.4) is 0 Å². The van der Waals surface area contributed by atoms with Crippen molar-refractivity contribution in [2.45, 2.75) is 108 Å². The zero-order chi connectivity index (χ0) is 60.1. The molecule has 25 heteroatoms. The van der Waals surface area contributed by atoms with Gasteiger partial charge in [-0.05, 0) is 157 Å². The summed E-state index contributed by atoms with van der Waals surface area (Å²) in [7, 11) is 5.44. The number of nitrogens with two attached hydrogens (primary N) is 6. The Morgan fingerprint density at radius 2 is 0.695 bits per heavy atom. The number of primary amides is 1. The van der Waals surface area contributed by atoms with Crippen molar-refractivity contribution in [1.29, 1.82) is 0 Å². The fraction of sp³-hybridized carbons (Fsp3) is 0.439. The molecule has 0 saturated heterocycles. The predicted octanol–water partition coefficient (Wildman–Crippen LogP) is 3.20. The van der Waals surface area contributed by atoms with Gasteiger partial charge in [0.15, 0.2) is 0 Å². The Morgan fingerprint density at radius 3 is 1.09 bits per heavy atom. The summed E-state index contributed by atoms with van der Waals surface area (Å²) < 4.78 is 21.8. The number of methoxy groups -OCH3 is 4. The van der Waals surface area contributed by atoms with Gasteiger partial charge in [0.05, 0.1) is 56.7 Å². The lowest BCUT2D eigenvalue weighted by atomic mass is 10.0. The number of carbonyl (C=O) groups is 8. The van der Waals surface area contributed by atoms with E-state index in [4.69, 9.17) is 53.3 Å². The maximum Gasteiger partial charge on any atom is 0.255 e. The third kappa shape index (κ3) is 20.3. The fourth-order valence-electron chi connectivity index (χ4n) is 8.59. The summed E-state index contributed by atoms with van der Waals surface area (Å²) in [4.78, 5) is 109. The van der Waals surface area contributed by atoms with E-state index in [-0.39, 0.29) is 81.6 Å². The number of benzene rings is 4. The molecule has 0 aliphatic heterocycles. The van der Waals surface area contributed by atoms with Crippen LogP contribution in [-0.4, -0.2) is 126 Å². The highest BCUT2D eigenvalue weighted by Crippen LogP contribution is 2.28. The first-order valence-corrected chi connectivity index (χ1v) is 27.2. The summed E-state index contributed by atoms with van der Waals surface area (Å²) in [5, 5.41) is 19.4. The number of hydrogen-bond acceptors (Lipinski definition) is 17. The lowest BCUT2D eigenvalue weighted by molar-refractivity contribution is -0.118. The molecule has 0 bridgehead atoms. The highest BCUT2D eigenvalue weighted by molar-refractivity contribution is 6.07. The highest BCUT2D eigenvalue weighted by Gasteiger charge is 2.29. The van der Waals surface area contributed by atoms with E-state index in [1.807, 2.05) is 0 Å². The van der Waals surface area contributed by atoms with Crippen molar-refractivity contribution in [3.05, 3.63) is 95.1 Å². The van der Waals surface area contributed by atoms with E-state index in [0.29, 0.717) is 89.7 Å². The van der Waals surface area contributed by atoms with Crippen molar-refractivity contribution in [3.63, 3.8) is 0 Å². The van der Waals surface area contributed by atoms with Crippen LogP contribution in [0.5, 0.6) is 23.0 Å². The van der Waals surface area contributed by atoms with Crippen LogP contribution in [0.1, 0.15) is 125 Å². The van der Waals surface area contributed by atoms with E-state index in [0.717, 1.165) is 6.42 Å². The van der Waals surface area contributed by atoms with E-state index in [9.17, 15) is 38.4 Å². The number of ether oxygens (including phenoxy) is 4. The molecule has 0 fully saturated rings. The first-order chi connectivity index (χ1) is 39.4. The van der Waals surface area contributed by atoms with Crippen LogP contribution in [0.2, 0.25) is 0 Å². The van der Waals surface area contributed by atoms with E-state index in [2.05, 4.69) is 37.2 Å². The minimum Gasteiger partial charge on any atom is -0.496 e. The van der Waals surface area contributed by atoms with Gasteiger partial charge in [-0.15, -0.1) is 0 Å². The molecule has 446 valence electrons. The Morgan fingerprint density at radius 1 is 0.378 bits per heavy atom. The molecule has 4 aromatic carbocycles. The molecule has 0 spiro atoms. The summed E-state index contributed by atoms with van der Waals surface area (Å²) in [6.45, 7) is 1.59. The van der Waals surface area contributed by atoms with Crippen LogP contribution in [0, 0.1) is 0 Å². The smallest absolute Gasteiger partial charge is 0.255 e. The molecular weight excluding hydrogens is 1060 g/mol.